The third kappa shape index (κ3) is 2.55. The average Bonchev–Trinajstić information content (AvgIpc) is 2.35. The number of pyridine rings is 1. The summed E-state index contributed by atoms with van der Waals surface area (Å²) in [4.78, 5) is 3.84. The molecule has 0 spiro atoms. The van der Waals surface area contributed by atoms with Gasteiger partial charge >= 0.3 is 0 Å². The summed E-state index contributed by atoms with van der Waals surface area (Å²) in [6.45, 7) is 0. The Bertz CT molecular complexity index is 576. The molecule has 5 heteroatoms. The maximum Gasteiger partial charge on any atom is 0.219 e. The van der Waals surface area contributed by atoms with Gasteiger partial charge in [-0.05, 0) is 18.2 Å². The van der Waals surface area contributed by atoms with Gasteiger partial charge in [-0.15, -0.1) is 0 Å². The number of hydrogen-bond donors (Lipinski definition) is 0. The van der Waals surface area contributed by atoms with Crippen molar-refractivity contribution in [2.75, 3.05) is 0 Å². The standard InChI is InChI=1S/C12H6F2N2O/c13-10-3-2-9(5-11(10)14)17-12-4-1-8(6-15)7-16-12/h1-5,7H. The maximum absolute atomic E-state index is 12.9. The predicted octanol–water partition coefficient (Wildman–Crippen LogP) is 3.02. The van der Waals surface area contributed by atoms with Crippen LogP contribution in [0.5, 0.6) is 11.6 Å². The van der Waals surface area contributed by atoms with Gasteiger partial charge in [0.05, 0.1) is 5.56 Å². The highest BCUT2D eigenvalue weighted by Gasteiger charge is 2.04. The van der Waals surface area contributed by atoms with E-state index in [1.54, 1.807) is 0 Å². The number of ether oxygens (including phenoxy) is 1. The lowest BCUT2D eigenvalue weighted by Crippen LogP contribution is -1.90. The lowest BCUT2D eigenvalue weighted by molar-refractivity contribution is 0.447. The molecule has 1 aromatic carbocycles. The molecular weight excluding hydrogens is 226 g/mol. The van der Waals surface area contributed by atoms with Crippen molar-refractivity contribution in [3.8, 4) is 17.7 Å². The Morgan fingerprint density at radius 1 is 1.12 bits per heavy atom. The summed E-state index contributed by atoms with van der Waals surface area (Å²) in [5.41, 5.74) is 0.391. The van der Waals surface area contributed by atoms with Crippen LogP contribution >= 0.6 is 0 Å². The van der Waals surface area contributed by atoms with Crippen molar-refractivity contribution in [2.45, 2.75) is 0 Å². The normalized spacial score (nSPS) is 9.71. The molecule has 0 saturated carbocycles. The summed E-state index contributed by atoms with van der Waals surface area (Å²) < 4.78 is 30.7. The second-order valence-electron chi connectivity index (χ2n) is 3.17. The molecule has 2 rings (SSSR count). The summed E-state index contributed by atoms with van der Waals surface area (Å²) in [7, 11) is 0. The zero-order valence-electron chi connectivity index (χ0n) is 8.52. The minimum Gasteiger partial charge on any atom is -0.439 e. The Kier molecular flexibility index (Phi) is 2.97. The highest BCUT2D eigenvalue weighted by atomic mass is 19.2. The van der Waals surface area contributed by atoms with Crippen LogP contribution in [0.3, 0.4) is 0 Å². The van der Waals surface area contributed by atoms with Crippen LogP contribution in [0.2, 0.25) is 0 Å². The van der Waals surface area contributed by atoms with Crippen LogP contribution in [0.4, 0.5) is 8.78 Å². The molecule has 3 nitrogen and oxygen atoms in total. The van der Waals surface area contributed by atoms with Crippen LogP contribution in [0.1, 0.15) is 5.56 Å². The molecular formula is C12H6F2N2O. The van der Waals surface area contributed by atoms with Gasteiger partial charge in [0.1, 0.15) is 11.8 Å². The minimum atomic E-state index is -0.990. The van der Waals surface area contributed by atoms with Crippen molar-refractivity contribution in [2.24, 2.45) is 0 Å². The Labute approximate surface area is 95.9 Å². The van der Waals surface area contributed by atoms with E-state index in [0.29, 0.717) is 5.56 Å². The van der Waals surface area contributed by atoms with Gasteiger partial charge in [0, 0.05) is 18.3 Å². The van der Waals surface area contributed by atoms with Crippen LogP contribution in [0.25, 0.3) is 0 Å². The third-order valence-electron chi connectivity index (χ3n) is 1.98. The van der Waals surface area contributed by atoms with Gasteiger partial charge in [0.2, 0.25) is 5.88 Å². The molecule has 0 aliphatic rings. The van der Waals surface area contributed by atoms with E-state index in [-0.39, 0.29) is 11.6 Å². The van der Waals surface area contributed by atoms with Crippen LogP contribution in [-0.2, 0) is 0 Å². The summed E-state index contributed by atoms with van der Waals surface area (Å²) in [5.74, 6) is -1.59. The zero-order chi connectivity index (χ0) is 12.3. The SMILES string of the molecule is N#Cc1ccc(Oc2ccc(F)c(F)c2)nc1. The molecule has 0 radical (unpaired) electrons. The number of rotatable bonds is 2. The van der Waals surface area contributed by atoms with Crippen molar-refractivity contribution in [3.63, 3.8) is 0 Å². The first-order valence-corrected chi connectivity index (χ1v) is 4.68. The van der Waals surface area contributed by atoms with Gasteiger partial charge < -0.3 is 4.74 Å². The van der Waals surface area contributed by atoms with E-state index in [2.05, 4.69) is 4.98 Å². The molecule has 0 unspecified atom stereocenters. The summed E-state index contributed by atoms with van der Waals surface area (Å²) >= 11 is 0. The fourth-order valence-corrected chi connectivity index (χ4v) is 1.17. The number of hydrogen-bond acceptors (Lipinski definition) is 3. The van der Waals surface area contributed by atoms with Gasteiger partial charge in [0.25, 0.3) is 0 Å². The van der Waals surface area contributed by atoms with Crippen molar-refractivity contribution < 1.29 is 13.5 Å². The molecule has 1 aromatic heterocycles. The quantitative estimate of drug-likeness (QED) is 0.799. The molecule has 0 aliphatic carbocycles. The number of nitriles is 1. The van der Waals surface area contributed by atoms with Gasteiger partial charge in [-0.1, -0.05) is 0 Å². The molecule has 0 saturated heterocycles. The second-order valence-corrected chi connectivity index (χ2v) is 3.17. The number of aromatic nitrogens is 1. The van der Waals surface area contributed by atoms with Crippen molar-refractivity contribution in [3.05, 3.63) is 53.7 Å². The maximum atomic E-state index is 12.9. The van der Waals surface area contributed by atoms with E-state index >= 15 is 0 Å². The topological polar surface area (TPSA) is 45.9 Å². The fourth-order valence-electron chi connectivity index (χ4n) is 1.17. The van der Waals surface area contributed by atoms with Crippen molar-refractivity contribution >= 4 is 0 Å². The third-order valence-corrected chi connectivity index (χ3v) is 1.98. The van der Waals surface area contributed by atoms with E-state index in [4.69, 9.17) is 10.00 Å². The molecule has 0 N–H and O–H groups in total. The fraction of sp³-hybridized carbons (Fsp3) is 0. The molecule has 0 atom stereocenters. The molecule has 84 valence electrons. The monoisotopic (exact) mass is 232 g/mol. The first kappa shape index (κ1) is 11.0. The van der Waals surface area contributed by atoms with Crippen LogP contribution in [-0.4, -0.2) is 4.98 Å². The summed E-state index contributed by atoms with van der Waals surface area (Å²) in [5, 5.41) is 8.56. The molecule has 0 bridgehead atoms. The lowest BCUT2D eigenvalue weighted by atomic mass is 10.3. The highest BCUT2D eigenvalue weighted by Crippen LogP contribution is 2.21. The van der Waals surface area contributed by atoms with E-state index in [9.17, 15) is 8.78 Å². The van der Waals surface area contributed by atoms with Gasteiger partial charge in [0.15, 0.2) is 11.6 Å². The first-order valence-electron chi connectivity index (χ1n) is 4.68. The summed E-state index contributed by atoms with van der Waals surface area (Å²) in [6, 6.07) is 8.08. The lowest BCUT2D eigenvalue weighted by Gasteiger charge is -2.04. The van der Waals surface area contributed by atoms with Gasteiger partial charge in [-0.2, -0.15) is 5.26 Å². The number of nitrogens with zero attached hydrogens (tertiary/aromatic N) is 2. The van der Waals surface area contributed by atoms with Crippen molar-refractivity contribution in [1.82, 2.24) is 4.98 Å². The smallest absolute Gasteiger partial charge is 0.219 e. The van der Waals surface area contributed by atoms with E-state index in [1.807, 2.05) is 6.07 Å². The molecule has 1 heterocycles. The molecule has 0 fully saturated rings. The largest absolute Gasteiger partial charge is 0.439 e. The molecule has 0 amide bonds. The van der Waals surface area contributed by atoms with E-state index < -0.39 is 11.6 Å². The van der Waals surface area contributed by atoms with Crippen LogP contribution in [0.15, 0.2) is 36.5 Å². The van der Waals surface area contributed by atoms with E-state index in [0.717, 1.165) is 12.1 Å². The highest BCUT2D eigenvalue weighted by molar-refractivity contribution is 5.32. The molecule has 17 heavy (non-hydrogen) atoms. The minimum absolute atomic E-state index is 0.140. The predicted molar refractivity (Wildman–Crippen MR) is 55.4 cm³/mol. The first-order chi connectivity index (χ1) is 8.19. The summed E-state index contributed by atoms with van der Waals surface area (Å²) in [6.07, 6.45) is 1.33. The number of halogens is 2. The van der Waals surface area contributed by atoms with Gasteiger partial charge in [-0.25, -0.2) is 13.8 Å². The Morgan fingerprint density at radius 2 is 1.94 bits per heavy atom. The van der Waals surface area contributed by atoms with Crippen LogP contribution < -0.4 is 4.74 Å². The Morgan fingerprint density at radius 3 is 2.53 bits per heavy atom. The molecule has 2 aromatic rings. The van der Waals surface area contributed by atoms with Crippen LogP contribution in [0, 0.1) is 23.0 Å². The van der Waals surface area contributed by atoms with E-state index in [1.165, 1.54) is 24.4 Å². The Hall–Kier alpha value is -2.48. The number of benzene rings is 1. The molecule has 0 aliphatic heterocycles. The Balaban J connectivity index is 2.20. The van der Waals surface area contributed by atoms with Crippen molar-refractivity contribution in [1.29, 1.82) is 5.26 Å². The zero-order valence-corrected chi connectivity index (χ0v) is 8.52. The van der Waals surface area contributed by atoms with Gasteiger partial charge in [-0.3, -0.25) is 0 Å². The second kappa shape index (κ2) is 4.58. The average molecular weight is 232 g/mol.